The minimum absolute atomic E-state index is 0.313. The van der Waals surface area contributed by atoms with E-state index in [0.29, 0.717) is 15.1 Å². The van der Waals surface area contributed by atoms with Crippen LogP contribution < -0.4 is 27.0 Å². The monoisotopic (exact) mass is 1710 g/mol. The molecule has 0 aromatic carbocycles. The third-order valence-corrected chi connectivity index (χ3v) is 138. The molecule has 0 saturated heterocycles. The van der Waals surface area contributed by atoms with E-state index < -0.39 is 53.6 Å². The first-order chi connectivity index (χ1) is 48.7. The third-order valence-electron chi connectivity index (χ3n) is 25.5. The molecule has 0 aliphatic rings. The van der Waals surface area contributed by atoms with E-state index in [2.05, 4.69) is 398 Å². The largest absolute Gasteiger partial charge is 0.144 e. The number of unbranched alkanes of at least 4 members (excludes halogenated alkanes) is 3. The fourth-order valence-corrected chi connectivity index (χ4v) is 130. The fourth-order valence-electron chi connectivity index (χ4n) is 14.7. The molecule has 12 aromatic rings. The van der Waals surface area contributed by atoms with Gasteiger partial charge in [-0.25, -0.2) is 0 Å². The first kappa shape index (κ1) is 81.4. The Labute approximate surface area is 681 Å². The summed E-state index contributed by atoms with van der Waals surface area (Å²) in [6, 6.07) is 52.9. The summed E-state index contributed by atoms with van der Waals surface area (Å²) < 4.78 is 10.0. The van der Waals surface area contributed by atoms with Crippen LogP contribution in [-0.2, 0) is 19.3 Å². The van der Waals surface area contributed by atoms with Gasteiger partial charge in [-0.3, -0.25) is 0 Å². The quantitative estimate of drug-likeness (QED) is 0.0450. The Morgan fingerprint density at radius 2 is 0.423 bits per heavy atom. The maximum absolute atomic E-state index is 3.02. The third kappa shape index (κ3) is 15.3. The Morgan fingerprint density at radius 1 is 0.231 bits per heavy atom. The Bertz CT molecular complexity index is 4460. The van der Waals surface area contributed by atoms with E-state index in [-0.39, 0.29) is 0 Å². The van der Waals surface area contributed by atoms with Gasteiger partial charge in [0.2, 0.25) is 0 Å². The first-order valence-electron chi connectivity index (χ1n) is 38.0. The van der Waals surface area contributed by atoms with E-state index in [1.54, 1.807) is 27.0 Å². The second kappa shape index (κ2) is 30.8. The van der Waals surface area contributed by atoms with Crippen LogP contribution in [0.15, 0.2) is 127 Å². The van der Waals surface area contributed by atoms with Gasteiger partial charge in [0.25, 0.3) is 0 Å². The Kier molecular flexibility index (Phi) is 24.1. The normalized spacial score (nSPS) is 13.6. The topological polar surface area (TPSA) is 0 Å². The van der Waals surface area contributed by atoms with Crippen LogP contribution in [0.2, 0.25) is 100 Å². The van der Waals surface area contributed by atoms with Crippen molar-refractivity contribution in [2.45, 2.75) is 241 Å². The molecule has 0 N–H and O–H groups in total. The van der Waals surface area contributed by atoms with Crippen LogP contribution >= 0.6 is 136 Å². The molecule has 0 atom stereocenters. The average molecular weight is 1720 g/mol. The van der Waals surface area contributed by atoms with E-state index in [1.165, 1.54) is 143 Å². The van der Waals surface area contributed by atoms with Crippen LogP contribution in [0.4, 0.5) is 0 Å². The molecule has 12 aromatic heterocycles. The minimum atomic E-state index is -2.32. The van der Waals surface area contributed by atoms with Crippen LogP contribution in [-0.4, -0.2) is 53.6 Å². The molecule has 12 heterocycles. The second-order valence-corrected chi connectivity index (χ2v) is 105. The summed E-state index contributed by atoms with van der Waals surface area (Å²) in [4.78, 5) is 26.2. The van der Waals surface area contributed by atoms with Crippen molar-refractivity contribution in [2.75, 3.05) is 0 Å². The van der Waals surface area contributed by atoms with Crippen molar-refractivity contribution in [3.8, 4) is 87.8 Å². The Hall–Kier alpha value is -2.08. The van der Waals surface area contributed by atoms with Gasteiger partial charge in [-0.1, -0.05) is 224 Å². The number of hydrogen-bond acceptors (Lipinski definition) is 12. The van der Waals surface area contributed by atoms with E-state index in [1.807, 2.05) is 34.0 Å². The SMILES string of the molecule is CCCCc1cc(-c2ccc([Si](C)(C)[Si](C)([Si](C)(C)c3ccc(-c4cc(CCCC)c(-c5ccc(-c6ccc([Si](C)(C)C(C)(C)C)s6)s5)s4)s3)[Si](C)(C)c3ccc(-c4cc(CCCC)c(-c5ccc(-c6ccc([Si](C)(C)C(C)(C)C)s6)s5)s4)s3)s2)sc1-c1ccc(-c2ccc([Si](C)(C)C(C)(C)C)s2)s1. The molecule has 554 valence electrons. The standard InChI is InChI=1S/C85H114S12Si7/c1-26-29-32-56-53-71(95-80(56)68-38-35-59(86-68)62-41-47-74(89-62)98(13,14)83(4,5)6)65-44-50-77(92-65)101(19,20)104(25,102(21,22)78-51-45-66(93-78)72-54-57(33-30-27-2)81(96-72)69-39-36-60(87-69)63-42-48-75(90-63)99(15,16)84(7,8)9)103(23,24)79-52-46-67(94-79)73-55-58(34-31-28-3)82(97-73)70-40-37-61(88-70)64-43-49-76(91-64)100(17,18)85(10,11)12/h35-55H,26-34H2,1-25H3. The van der Waals surface area contributed by atoms with Gasteiger partial charge in [0.05, 0.1) is 53.6 Å². The highest BCUT2D eigenvalue weighted by Crippen LogP contribution is 2.52. The maximum atomic E-state index is 3.02. The van der Waals surface area contributed by atoms with Crippen molar-refractivity contribution in [1.82, 2.24) is 0 Å². The predicted octanol–water partition coefficient (Wildman–Crippen LogP) is 30.1. The van der Waals surface area contributed by atoms with E-state index in [4.69, 9.17) is 0 Å². The molecular weight excluding hydrogens is 1600 g/mol. The molecule has 0 spiro atoms. The summed E-state index contributed by atoms with van der Waals surface area (Å²) in [7, 11) is -11.7. The van der Waals surface area contributed by atoms with Crippen molar-refractivity contribution in [1.29, 1.82) is 0 Å². The molecule has 104 heavy (non-hydrogen) atoms. The molecule has 0 radical (unpaired) electrons. The number of rotatable bonds is 27. The zero-order valence-corrected chi connectivity index (χ0v) is 83.7. The van der Waals surface area contributed by atoms with Crippen LogP contribution in [0.5, 0.6) is 0 Å². The van der Waals surface area contributed by atoms with Gasteiger partial charge in [0.15, 0.2) is 0 Å². The van der Waals surface area contributed by atoms with Crippen LogP contribution in [0.1, 0.15) is 138 Å². The van der Waals surface area contributed by atoms with Crippen LogP contribution in [0, 0.1) is 0 Å². The lowest BCUT2D eigenvalue weighted by molar-refractivity contribution is 0.730. The van der Waals surface area contributed by atoms with Crippen molar-refractivity contribution in [3.63, 3.8) is 0 Å². The van der Waals surface area contributed by atoms with Crippen LogP contribution in [0.3, 0.4) is 0 Å². The molecule has 0 bridgehead atoms. The predicted molar refractivity (Wildman–Crippen MR) is 512 cm³/mol. The van der Waals surface area contributed by atoms with Crippen molar-refractivity contribution in [3.05, 3.63) is 144 Å². The van der Waals surface area contributed by atoms with E-state index >= 15 is 0 Å². The van der Waals surface area contributed by atoms with Crippen molar-refractivity contribution < 1.29 is 0 Å². The summed E-state index contributed by atoms with van der Waals surface area (Å²) in [6.45, 7) is 62.5. The lowest BCUT2D eigenvalue weighted by Gasteiger charge is -2.57. The van der Waals surface area contributed by atoms with Crippen molar-refractivity contribution in [2.24, 2.45) is 0 Å². The molecule has 0 saturated carbocycles. The van der Waals surface area contributed by atoms with Gasteiger partial charge < -0.3 is 0 Å². The molecule has 12 rings (SSSR count). The Morgan fingerprint density at radius 3 is 0.654 bits per heavy atom. The number of thiophene rings is 12. The minimum Gasteiger partial charge on any atom is -0.144 e. The second-order valence-electron chi connectivity index (χ2n) is 35.8. The molecule has 0 unspecified atom stereocenters. The molecule has 0 nitrogen and oxygen atoms in total. The molecule has 0 aliphatic carbocycles. The smallest absolute Gasteiger partial charge is 0.0987 e. The lowest BCUT2D eigenvalue weighted by Crippen LogP contribution is -2.90. The van der Waals surface area contributed by atoms with E-state index in [0.717, 1.165) is 19.3 Å². The summed E-state index contributed by atoms with van der Waals surface area (Å²) >= 11 is 25.1. The summed E-state index contributed by atoms with van der Waals surface area (Å²) in [6.07, 6.45) is 10.6. The first-order valence-corrected chi connectivity index (χ1v) is 71.3. The molecule has 0 fully saturated rings. The summed E-state index contributed by atoms with van der Waals surface area (Å²) in [5, 5.41) is 0.939. The molecule has 19 heteroatoms. The van der Waals surface area contributed by atoms with Crippen molar-refractivity contribution >= 4 is 217 Å². The summed E-state index contributed by atoms with van der Waals surface area (Å²) in [5.74, 6) is 0. The van der Waals surface area contributed by atoms with E-state index in [9.17, 15) is 0 Å². The average Bonchev–Trinajstić information content (AvgIpc) is 1.08. The molecular formula is C85H114S12Si7. The molecule has 0 aliphatic heterocycles. The lowest BCUT2D eigenvalue weighted by atomic mass is 10.1. The Balaban J connectivity index is 0.919. The number of aryl methyl sites for hydroxylation is 3. The highest BCUT2D eigenvalue weighted by Gasteiger charge is 2.66. The maximum Gasteiger partial charge on any atom is 0.0987 e. The zero-order chi connectivity index (χ0) is 75.3. The highest BCUT2D eigenvalue weighted by atomic mass is 32.1. The fraction of sp³-hybridized carbons (Fsp3) is 0.435. The molecule has 0 amide bonds. The van der Waals surface area contributed by atoms with Crippen LogP contribution in [0.25, 0.3) is 87.8 Å². The van der Waals surface area contributed by atoms with Gasteiger partial charge in [-0.15, -0.1) is 136 Å². The van der Waals surface area contributed by atoms with Gasteiger partial charge in [0, 0.05) is 87.8 Å². The van der Waals surface area contributed by atoms with Gasteiger partial charge in [0.1, 0.15) is 0 Å². The van der Waals surface area contributed by atoms with Gasteiger partial charge >= 0.3 is 0 Å². The zero-order valence-electron chi connectivity index (χ0n) is 66.9. The van der Waals surface area contributed by atoms with Gasteiger partial charge in [-0.05, 0) is 188 Å². The highest BCUT2D eigenvalue weighted by molar-refractivity contribution is 7.96. The number of hydrogen-bond donors (Lipinski definition) is 0. The summed E-state index contributed by atoms with van der Waals surface area (Å²) in [5.41, 5.74) is 4.62. The van der Waals surface area contributed by atoms with Gasteiger partial charge in [-0.2, -0.15) is 0 Å².